The van der Waals surface area contributed by atoms with E-state index in [0.717, 1.165) is 45.0 Å². The topological polar surface area (TPSA) is 60.5 Å². The molecule has 0 atom stereocenters. The second kappa shape index (κ2) is 7.95. The first-order valence-corrected chi connectivity index (χ1v) is 7.52. The number of hydrogen-bond donors (Lipinski definition) is 2. The van der Waals surface area contributed by atoms with Gasteiger partial charge in [0.15, 0.2) is 0 Å². The molecular weight excluding hydrogens is 266 g/mol. The largest absolute Gasteiger partial charge is 0.353 e. The van der Waals surface area contributed by atoms with Gasteiger partial charge >= 0.3 is 0 Å². The monoisotopic (exact) mass is 291 g/mol. The molecule has 1 aliphatic heterocycles. The van der Waals surface area contributed by atoms with Crippen LogP contribution in [0.3, 0.4) is 0 Å². The van der Waals surface area contributed by atoms with E-state index in [4.69, 9.17) is 0 Å². The number of pyridine rings is 1. The lowest BCUT2D eigenvalue weighted by atomic mass is 10.2. The number of amides is 1. The summed E-state index contributed by atoms with van der Waals surface area (Å²) in [5.74, 6) is 0.763. The molecule has 21 heavy (non-hydrogen) atoms. The minimum Gasteiger partial charge on any atom is -0.353 e. The number of anilines is 1. The summed E-state index contributed by atoms with van der Waals surface area (Å²) in [5, 5.41) is 6.30. The molecule has 0 spiro atoms. The zero-order chi connectivity index (χ0) is 15.1. The summed E-state index contributed by atoms with van der Waals surface area (Å²) >= 11 is 0. The van der Waals surface area contributed by atoms with Crippen LogP contribution in [-0.4, -0.2) is 69.2 Å². The second-order valence-corrected chi connectivity index (χ2v) is 5.52. The Labute approximate surface area is 126 Å². The molecule has 1 fully saturated rings. The first kappa shape index (κ1) is 15.7. The molecule has 1 aromatic heterocycles. The van der Waals surface area contributed by atoms with Crippen molar-refractivity contribution in [2.75, 3.05) is 58.3 Å². The fourth-order valence-corrected chi connectivity index (χ4v) is 2.40. The van der Waals surface area contributed by atoms with Gasteiger partial charge in [-0.3, -0.25) is 4.79 Å². The zero-order valence-corrected chi connectivity index (χ0v) is 12.9. The number of piperazine rings is 1. The Hall–Kier alpha value is -1.66. The molecule has 0 aliphatic carbocycles. The van der Waals surface area contributed by atoms with Crippen molar-refractivity contribution >= 4 is 11.7 Å². The van der Waals surface area contributed by atoms with E-state index in [-0.39, 0.29) is 5.91 Å². The van der Waals surface area contributed by atoms with Crippen LogP contribution in [0.4, 0.5) is 5.82 Å². The molecule has 1 amide bonds. The van der Waals surface area contributed by atoms with Crippen molar-refractivity contribution in [3.8, 4) is 0 Å². The first-order chi connectivity index (χ1) is 10.2. The molecule has 2 heterocycles. The van der Waals surface area contributed by atoms with Gasteiger partial charge in [-0.1, -0.05) is 0 Å². The van der Waals surface area contributed by atoms with Gasteiger partial charge in [-0.25, -0.2) is 4.98 Å². The third-order valence-electron chi connectivity index (χ3n) is 3.52. The molecule has 0 aromatic carbocycles. The number of nitrogens with one attached hydrogen (secondary N) is 2. The molecule has 116 valence electrons. The number of carbonyl (C=O) groups is 1. The standard InChI is InChI=1S/C15H25N5O/c1-19(2)10-4-7-18-15(21)13-5-3-6-17-14(13)20-11-8-16-9-12-20/h3,5-6,16H,4,7-12H2,1-2H3,(H,18,21). The number of aromatic nitrogens is 1. The normalized spacial score (nSPS) is 15.3. The quantitative estimate of drug-likeness (QED) is 0.732. The van der Waals surface area contributed by atoms with Crippen molar-refractivity contribution in [3.05, 3.63) is 23.9 Å². The maximum atomic E-state index is 12.3. The Kier molecular flexibility index (Phi) is 5.95. The molecule has 0 radical (unpaired) electrons. The van der Waals surface area contributed by atoms with Gasteiger partial charge in [0.25, 0.3) is 5.91 Å². The number of nitrogens with zero attached hydrogens (tertiary/aromatic N) is 3. The maximum absolute atomic E-state index is 12.3. The molecule has 0 unspecified atom stereocenters. The summed E-state index contributed by atoms with van der Waals surface area (Å²) in [6.07, 6.45) is 2.70. The lowest BCUT2D eigenvalue weighted by Crippen LogP contribution is -2.44. The molecule has 0 bridgehead atoms. The van der Waals surface area contributed by atoms with E-state index in [1.807, 2.05) is 26.2 Å². The molecule has 1 saturated heterocycles. The third kappa shape index (κ3) is 4.68. The van der Waals surface area contributed by atoms with Crippen molar-refractivity contribution in [1.82, 2.24) is 20.5 Å². The predicted molar refractivity (Wildman–Crippen MR) is 84.8 cm³/mol. The van der Waals surface area contributed by atoms with Crippen LogP contribution < -0.4 is 15.5 Å². The van der Waals surface area contributed by atoms with E-state index in [2.05, 4.69) is 25.4 Å². The Morgan fingerprint density at radius 3 is 2.90 bits per heavy atom. The van der Waals surface area contributed by atoms with Crippen molar-refractivity contribution < 1.29 is 4.79 Å². The molecule has 0 saturated carbocycles. The number of rotatable bonds is 6. The summed E-state index contributed by atoms with van der Waals surface area (Å²) in [6, 6.07) is 3.67. The minimum absolute atomic E-state index is 0.0320. The van der Waals surface area contributed by atoms with E-state index in [1.54, 1.807) is 6.20 Å². The zero-order valence-electron chi connectivity index (χ0n) is 12.9. The summed E-state index contributed by atoms with van der Waals surface area (Å²) in [6.45, 7) is 5.29. The van der Waals surface area contributed by atoms with Crippen LogP contribution in [0, 0.1) is 0 Å². The van der Waals surface area contributed by atoms with Gasteiger partial charge in [0.2, 0.25) is 0 Å². The maximum Gasteiger partial charge on any atom is 0.255 e. The smallest absolute Gasteiger partial charge is 0.255 e. The van der Waals surface area contributed by atoms with Crippen LogP contribution in [0.2, 0.25) is 0 Å². The van der Waals surface area contributed by atoms with Crippen LogP contribution in [0.5, 0.6) is 0 Å². The summed E-state index contributed by atoms with van der Waals surface area (Å²) in [5.41, 5.74) is 0.671. The van der Waals surface area contributed by atoms with Crippen LogP contribution in [0.1, 0.15) is 16.8 Å². The summed E-state index contributed by atoms with van der Waals surface area (Å²) in [7, 11) is 4.07. The third-order valence-corrected chi connectivity index (χ3v) is 3.52. The van der Waals surface area contributed by atoms with E-state index in [1.165, 1.54) is 0 Å². The van der Waals surface area contributed by atoms with Gasteiger partial charge in [0, 0.05) is 38.9 Å². The summed E-state index contributed by atoms with van der Waals surface area (Å²) < 4.78 is 0. The van der Waals surface area contributed by atoms with E-state index < -0.39 is 0 Å². The van der Waals surface area contributed by atoms with Gasteiger partial charge in [-0.15, -0.1) is 0 Å². The Bertz CT molecular complexity index is 457. The molecule has 6 heteroatoms. The predicted octanol–water partition coefficient (Wildman–Crippen LogP) is 0.173. The lowest BCUT2D eigenvalue weighted by molar-refractivity contribution is 0.0952. The molecule has 2 N–H and O–H groups in total. The van der Waals surface area contributed by atoms with Crippen LogP contribution >= 0.6 is 0 Å². The van der Waals surface area contributed by atoms with Crippen molar-refractivity contribution in [3.63, 3.8) is 0 Å². The van der Waals surface area contributed by atoms with Gasteiger partial charge in [0.05, 0.1) is 5.56 Å². The molecular formula is C15H25N5O. The van der Waals surface area contributed by atoms with Gasteiger partial charge in [-0.2, -0.15) is 0 Å². The van der Waals surface area contributed by atoms with E-state index in [0.29, 0.717) is 12.1 Å². The van der Waals surface area contributed by atoms with Gasteiger partial charge in [0.1, 0.15) is 5.82 Å². The Balaban J connectivity index is 1.96. The Morgan fingerprint density at radius 2 is 2.19 bits per heavy atom. The highest BCUT2D eigenvalue weighted by Crippen LogP contribution is 2.17. The fourth-order valence-electron chi connectivity index (χ4n) is 2.40. The average Bonchev–Trinajstić information content (AvgIpc) is 2.52. The summed E-state index contributed by atoms with van der Waals surface area (Å²) in [4.78, 5) is 21.0. The highest BCUT2D eigenvalue weighted by molar-refractivity contribution is 5.98. The molecule has 6 nitrogen and oxygen atoms in total. The molecule has 2 rings (SSSR count). The van der Waals surface area contributed by atoms with Crippen LogP contribution in [-0.2, 0) is 0 Å². The van der Waals surface area contributed by atoms with Crippen LogP contribution in [0.25, 0.3) is 0 Å². The van der Waals surface area contributed by atoms with Crippen molar-refractivity contribution in [2.24, 2.45) is 0 Å². The van der Waals surface area contributed by atoms with E-state index in [9.17, 15) is 4.79 Å². The minimum atomic E-state index is -0.0320. The highest BCUT2D eigenvalue weighted by Gasteiger charge is 2.18. The first-order valence-electron chi connectivity index (χ1n) is 7.52. The van der Waals surface area contributed by atoms with Crippen LogP contribution in [0.15, 0.2) is 18.3 Å². The highest BCUT2D eigenvalue weighted by atomic mass is 16.1. The number of hydrogen-bond acceptors (Lipinski definition) is 5. The van der Waals surface area contributed by atoms with Crippen molar-refractivity contribution in [2.45, 2.75) is 6.42 Å². The van der Waals surface area contributed by atoms with Gasteiger partial charge in [-0.05, 0) is 39.2 Å². The fraction of sp³-hybridized carbons (Fsp3) is 0.600. The van der Waals surface area contributed by atoms with Crippen molar-refractivity contribution in [1.29, 1.82) is 0 Å². The van der Waals surface area contributed by atoms with Gasteiger partial charge < -0.3 is 20.4 Å². The molecule has 1 aromatic rings. The number of carbonyl (C=O) groups excluding carboxylic acids is 1. The van der Waals surface area contributed by atoms with E-state index >= 15 is 0 Å². The lowest BCUT2D eigenvalue weighted by Gasteiger charge is -2.29. The second-order valence-electron chi connectivity index (χ2n) is 5.52. The average molecular weight is 291 g/mol. The Morgan fingerprint density at radius 1 is 1.43 bits per heavy atom. The molecule has 1 aliphatic rings. The SMILES string of the molecule is CN(C)CCCNC(=O)c1cccnc1N1CCNCC1.